The molecule has 0 saturated heterocycles. The van der Waals surface area contributed by atoms with Crippen molar-refractivity contribution < 1.29 is 13.7 Å². The van der Waals surface area contributed by atoms with Crippen LogP contribution in [0.25, 0.3) is 11.4 Å². The van der Waals surface area contributed by atoms with E-state index in [-0.39, 0.29) is 6.61 Å². The van der Waals surface area contributed by atoms with Gasteiger partial charge in [0.2, 0.25) is 11.7 Å². The van der Waals surface area contributed by atoms with E-state index in [2.05, 4.69) is 31.4 Å². The molecule has 0 bridgehead atoms. The van der Waals surface area contributed by atoms with Crippen LogP contribution in [0.4, 0.5) is 0 Å². The quantitative estimate of drug-likeness (QED) is 0.286. The first-order valence-corrected chi connectivity index (χ1v) is 10.5. The third-order valence-electron chi connectivity index (χ3n) is 4.31. The van der Waals surface area contributed by atoms with Crippen molar-refractivity contribution in [3.63, 3.8) is 0 Å². The molecule has 0 aliphatic rings. The van der Waals surface area contributed by atoms with Crippen molar-refractivity contribution in [1.29, 1.82) is 0 Å². The van der Waals surface area contributed by atoms with Crippen molar-refractivity contribution in [2.45, 2.75) is 38.5 Å². The van der Waals surface area contributed by atoms with Crippen molar-refractivity contribution >= 4 is 11.8 Å². The molecule has 1 aromatic carbocycles. The van der Waals surface area contributed by atoms with Gasteiger partial charge in [0.15, 0.2) is 6.61 Å². The molecule has 0 aliphatic heterocycles. The fraction of sp³-hybridized carbons (Fsp3) is 0.286. The fourth-order valence-electron chi connectivity index (χ4n) is 2.71. The van der Waals surface area contributed by atoms with Crippen LogP contribution in [-0.2, 0) is 13.0 Å². The Morgan fingerprint density at radius 2 is 1.90 bits per heavy atom. The van der Waals surface area contributed by atoms with Crippen LogP contribution in [0.15, 0.2) is 56.9 Å². The minimum atomic E-state index is 0.248. The fourth-order valence-corrected chi connectivity index (χ4v) is 3.43. The van der Waals surface area contributed by atoms with Crippen LogP contribution >= 0.6 is 11.8 Å². The Morgan fingerprint density at radius 3 is 2.77 bits per heavy atom. The molecular formula is C21H21N5O3S. The number of aryl methyl sites for hydroxylation is 3. The maximum Gasteiger partial charge on any atom is 0.276 e. The van der Waals surface area contributed by atoms with Crippen LogP contribution in [-0.4, -0.2) is 31.1 Å². The van der Waals surface area contributed by atoms with Gasteiger partial charge in [0.05, 0.1) is 0 Å². The normalized spacial score (nSPS) is 11.0. The third kappa shape index (κ3) is 5.24. The number of hydrogen-bond donors (Lipinski definition) is 0. The molecule has 0 unspecified atom stereocenters. The van der Waals surface area contributed by atoms with E-state index in [1.807, 2.05) is 38.1 Å². The summed E-state index contributed by atoms with van der Waals surface area (Å²) in [6.07, 6.45) is 4.93. The number of rotatable bonds is 9. The topological polar surface area (TPSA) is 100.0 Å². The Kier molecular flexibility index (Phi) is 6.38. The molecule has 0 aliphatic carbocycles. The predicted octanol–water partition coefficient (Wildman–Crippen LogP) is 4.44. The molecular weight excluding hydrogens is 402 g/mol. The SMILES string of the molecule is Cc1ccc(C)c(OCc2nnc(SCCCc3nc(-c4ccncc4)no3)o2)c1. The van der Waals surface area contributed by atoms with Gasteiger partial charge in [-0.25, -0.2) is 0 Å². The van der Waals surface area contributed by atoms with Gasteiger partial charge in [0.25, 0.3) is 11.1 Å². The van der Waals surface area contributed by atoms with Gasteiger partial charge in [0, 0.05) is 30.1 Å². The van der Waals surface area contributed by atoms with Gasteiger partial charge in [-0.1, -0.05) is 29.1 Å². The van der Waals surface area contributed by atoms with E-state index in [0.29, 0.717) is 29.2 Å². The van der Waals surface area contributed by atoms with E-state index < -0.39 is 0 Å². The van der Waals surface area contributed by atoms with Crippen LogP contribution in [0.3, 0.4) is 0 Å². The van der Waals surface area contributed by atoms with Gasteiger partial charge in [0.1, 0.15) is 5.75 Å². The van der Waals surface area contributed by atoms with Crippen molar-refractivity contribution in [2.24, 2.45) is 0 Å². The summed E-state index contributed by atoms with van der Waals surface area (Å²) in [5.74, 6) is 3.26. The van der Waals surface area contributed by atoms with E-state index in [9.17, 15) is 0 Å². The maximum absolute atomic E-state index is 5.80. The number of ether oxygens (including phenoxy) is 1. The summed E-state index contributed by atoms with van der Waals surface area (Å²) in [5, 5.41) is 12.6. The largest absolute Gasteiger partial charge is 0.484 e. The van der Waals surface area contributed by atoms with E-state index in [0.717, 1.165) is 34.6 Å². The molecule has 9 heteroatoms. The molecule has 4 aromatic rings. The number of nitrogens with zero attached hydrogens (tertiary/aromatic N) is 5. The van der Waals surface area contributed by atoms with E-state index in [4.69, 9.17) is 13.7 Å². The van der Waals surface area contributed by atoms with Crippen molar-refractivity contribution in [2.75, 3.05) is 5.75 Å². The minimum absolute atomic E-state index is 0.248. The van der Waals surface area contributed by atoms with E-state index >= 15 is 0 Å². The van der Waals surface area contributed by atoms with Gasteiger partial charge in [-0.3, -0.25) is 4.98 Å². The Balaban J connectivity index is 1.21. The molecule has 0 N–H and O–H groups in total. The highest BCUT2D eigenvalue weighted by Gasteiger charge is 2.11. The number of thioether (sulfide) groups is 1. The monoisotopic (exact) mass is 423 g/mol. The summed E-state index contributed by atoms with van der Waals surface area (Å²) in [4.78, 5) is 8.40. The Hall–Kier alpha value is -3.20. The average molecular weight is 423 g/mol. The molecule has 4 rings (SSSR count). The third-order valence-corrected chi connectivity index (χ3v) is 5.21. The number of pyridine rings is 1. The van der Waals surface area contributed by atoms with Crippen LogP contribution in [0.5, 0.6) is 5.75 Å². The Bertz CT molecular complexity index is 1100. The molecule has 0 atom stereocenters. The Morgan fingerprint density at radius 1 is 1.03 bits per heavy atom. The zero-order chi connectivity index (χ0) is 20.8. The average Bonchev–Trinajstić information content (AvgIpc) is 3.42. The molecule has 8 nitrogen and oxygen atoms in total. The molecule has 0 radical (unpaired) electrons. The maximum atomic E-state index is 5.80. The predicted molar refractivity (Wildman–Crippen MR) is 111 cm³/mol. The lowest BCUT2D eigenvalue weighted by Gasteiger charge is -2.07. The van der Waals surface area contributed by atoms with E-state index in [1.54, 1.807) is 12.4 Å². The second kappa shape index (κ2) is 9.53. The first-order chi connectivity index (χ1) is 14.7. The first-order valence-electron chi connectivity index (χ1n) is 9.55. The summed E-state index contributed by atoms with van der Waals surface area (Å²) in [5.41, 5.74) is 3.10. The highest BCUT2D eigenvalue weighted by molar-refractivity contribution is 7.99. The molecule has 0 amide bonds. The molecule has 30 heavy (non-hydrogen) atoms. The second-order valence-corrected chi connectivity index (χ2v) is 7.77. The smallest absolute Gasteiger partial charge is 0.276 e. The molecule has 3 heterocycles. The lowest BCUT2D eigenvalue weighted by Crippen LogP contribution is -1.97. The van der Waals surface area contributed by atoms with Gasteiger partial charge >= 0.3 is 0 Å². The molecule has 154 valence electrons. The van der Waals surface area contributed by atoms with Crippen LogP contribution in [0, 0.1) is 13.8 Å². The van der Waals surface area contributed by atoms with Gasteiger partial charge in [-0.15, -0.1) is 10.2 Å². The highest BCUT2D eigenvalue weighted by Crippen LogP contribution is 2.22. The summed E-state index contributed by atoms with van der Waals surface area (Å²) in [7, 11) is 0. The van der Waals surface area contributed by atoms with Gasteiger partial charge < -0.3 is 13.7 Å². The number of benzene rings is 1. The minimum Gasteiger partial charge on any atom is -0.484 e. The van der Waals surface area contributed by atoms with Crippen LogP contribution < -0.4 is 4.74 Å². The van der Waals surface area contributed by atoms with Crippen molar-refractivity contribution in [1.82, 2.24) is 25.3 Å². The standard InChI is InChI=1S/C21H21N5O3S/c1-14-5-6-15(2)17(12-14)27-13-19-24-25-21(28-19)30-11-3-4-18-23-20(26-29-18)16-7-9-22-10-8-16/h5-10,12H,3-4,11,13H2,1-2H3. The second-order valence-electron chi connectivity index (χ2n) is 6.72. The summed E-state index contributed by atoms with van der Waals surface area (Å²) in [6, 6.07) is 9.78. The first kappa shape index (κ1) is 20.1. The highest BCUT2D eigenvalue weighted by atomic mass is 32.2. The van der Waals surface area contributed by atoms with Gasteiger partial charge in [-0.2, -0.15) is 4.98 Å². The zero-order valence-corrected chi connectivity index (χ0v) is 17.6. The van der Waals surface area contributed by atoms with Crippen molar-refractivity contribution in [3.8, 4) is 17.1 Å². The lowest BCUT2D eigenvalue weighted by atomic mass is 10.1. The summed E-state index contributed by atoms with van der Waals surface area (Å²) < 4.78 is 16.8. The summed E-state index contributed by atoms with van der Waals surface area (Å²) in [6.45, 7) is 4.28. The molecule has 0 fully saturated rings. The molecule has 0 saturated carbocycles. The van der Waals surface area contributed by atoms with Crippen molar-refractivity contribution in [3.05, 3.63) is 65.6 Å². The van der Waals surface area contributed by atoms with Crippen LogP contribution in [0.1, 0.15) is 29.3 Å². The number of hydrogen-bond acceptors (Lipinski definition) is 9. The lowest BCUT2D eigenvalue weighted by molar-refractivity contribution is 0.250. The zero-order valence-electron chi connectivity index (χ0n) is 16.7. The van der Waals surface area contributed by atoms with Gasteiger partial charge in [-0.05, 0) is 49.6 Å². The van der Waals surface area contributed by atoms with E-state index in [1.165, 1.54) is 11.8 Å². The Labute approximate surface area is 178 Å². The number of aromatic nitrogens is 5. The van der Waals surface area contributed by atoms with Crippen LogP contribution in [0.2, 0.25) is 0 Å². The summed E-state index contributed by atoms with van der Waals surface area (Å²) >= 11 is 1.50. The molecule has 3 aromatic heterocycles. The molecule has 0 spiro atoms.